The molecule has 1 aromatic rings. The van der Waals surface area contributed by atoms with Crippen molar-refractivity contribution in [3.05, 3.63) is 33.8 Å². The summed E-state index contributed by atoms with van der Waals surface area (Å²) in [5.74, 6) is 0.844. The minimum atomic E-state index is 0.680. The van der Waals surface area contributed by atoms with E-state index < -0.39 is 0 Å². The summed E-state index contributed by atoms with van der Waals surface area (Å²) in [6, 6.07) is 7.41. The average Bonchev–Trinajstić information content (AvgIpc) is 2.40. The molecule has 0 spiro atoms. The molecule has 1 N–H and O–H groups in total. The standard InChI is InChI=1S/C16H24BrN/c1-3-12(4-2)11-18-16-8-6-13-9-15(17)7-5-14(13)10-16/h5,7,9,12,16,18H,3-4,6,8,10-11H2,1-2H3. The van der Waals surface area contributed by atoms with Crippen LogP contribution in [0.2, 0.25) is 0 Å². The second kappa shape index (κ2) is 6.72. The average molecular weight is 310 g/mol. The van der Waals surface area contributed by atoms with Crippen LogP contribution in [0.15, 0.2) is 22.7 Å². The molecule has 1 aromatic carbocycles. The van der Waals surface area contributed by atoms with Crippen molar-refractivity contribution in [1.29, 1.82) is 0 Å². The number of hydrogen-bond acceptors (Lipinski definition) is 1. The van der Waals surface area contributed by atoms with Gasteiger partial charge in [0.25, 0.3) is 0 Å². The molecule has 1 atom stereocenters. The largest absolute Gasteiger partial charge is 0.313 e. The van der Waals surface area contributed by atoms with Crippen molar-refractivity contribution < 1.29 is 0 Å². The fraction of sp³-hybridized carbons (Fsp3) is 0.625. The first-order valence-electron chi connectivity index (χ1n) is 7.23. The van der Waals surface area contributed by atoms with Crippen molar-refractivity contribution in [3.8, 4) is 0 Å². The van der Waals surface area contributed by atoms with Crippen molar-refractivity contribution in [3.63, 3.8) is 0 Å². The van der Waals surface area contributed by atoms with Gasteiger partial charge in [0.05, 0.1) is 0 Å². The topological polar surface area (TPSA) is 12.0 Å². The lowest BCUT2D eigenvalue weighted by atomic mass is 9.88. The van der Waals surface area contributed by atoms with E-state index in [1.165, 1.54) is 54.2 Å². The summed E-state index contributed by atoms with van der Waals surface area (Å²) in [7, 11) is 0. The van der Waals surface area contributed by atoms with Gasteiger partial charge in [-0.1, -0.05) is 48.7 Å². The highest BCUT2D eigenvalue weighted by atomic mass is 79.9. The van der Waals surface area contributed by atoms with Gasteiger partial charge in [-0.3, -0.25) is 0 Å². The van der Waals surface area contributed by atoms with E-state index in [1.54, 1.807) is 0 Å². The molecule has 18 heavy (non-hydrogen) atoms. The molecule has 0 radical (unpaired) electrons. The molecule has 100 valence electrons. The Bertz CT molecular complexity index is 385. The third kappa shape index (κ3) is 3.58. The number of fused-ring (bicyclic) bond motifs is 1. The summed E-state index contributed by atoms with van der Waals surface area (Å²) in [4.78, 5) is 0. The third-order valence-corrected chi connectivity index (χ3v) is 4.74. The van der Waals surface area contributed by atoms with Crippen LogP contribution < -0.4 is 5.32 Å². The SMILES string of the molecule is CCC(CC)CNC1CCc2cc(Br)ccc2C1. The number of benzene rings is 1. The van der Waals surface area contributed by atoms with E-state index in [-0.39, 0.29) is 0 Å². The molecule has 0 saturated carbocycles. The minimum absolute atomic E-state index is 0.680. The summed E-state index contributed by atoms with van der Waals surface area (Å²) in [6.45, 7) is 5.77. The maximum atomic E-state index is 3.77. The van der Waals surface area contributed by atoms with Gasteiger partial charge in [0.1, 0.15) is 0 Å². The van der Waals surface area contributed by atoms with Gasteiger partial charge >= 0.3 is 0 Å². The van der Waals surface area contributed by atoms with E-state index in [4.69, 9.17) is 0 Å². The second-order valence-electron chi connectivity index (χ2n) is 5.44. The van der Waals surface area contributed by atoms with Crippen molar-refractivity contribution in [2.75, 3.05) is 6.54 Å². The normalized spacial score (nSPS) is 19.0. The van der Waals surface area contributed by atoms with E-state index in [1.807, 2.05) is 0 Å². The fourth-order valence-electron chi connectivity index (χ4n) is 2.81. The van der Waals surface area contributed by atoms with Crippen LogP contribution in [-0.4, -0.2) is 12.6 Å². The zero-order valence-corrected chi connectivity index (χ0v) is 13.1. The summed E-state index contributed by atoms with van der Waals surface area (Å²) < 4.78 is 1.21. The smallest absolute Gasteiger partial charge is 0.0178 e. The summed E-state index contributed by atoms with van der Waals surface area (Å²) in [5.41, 5.74) is 3.07. The van der Waals surface area contributed by atoms with Crippen molar-refractivity contribution in [2.45, 2.75) is 52.0 Å². The third-order valence-electron chi connectivity index (χ3n) is 4.25. The van der Waals surface area contributed by atoms with Gasteiger partial charge in [0, 0.05) is 10.5 Å². The molecule has 0 amide bonds. The molecule has 0 bridgehead atoms. The Labute approximate surface area is 119 Å². The van der Waals surface area contributed by atoms with Crippen LogP contribution in [0.25, 0.3) is 0 Å². The van der Waals surface area contributed by atoms with Crippen LogP contribution in [0.5, 0.6) is 0 Å². The zero-order chi connectivity index (χ0) is 13.0. The molecule has 0 heterocycles. The highest BCUT2D eigenvalue weighted by molar-refractivity contribution is 9.10. The molecule has 2 rings (SSSR count). The molecular weight excluding hydrogens is 286 g/mol. The lowest BCUT2D eigenvalue weighted by Gasteiger charge is -2.27. The Morgan fingerprint density at radius 2 is 2.06 bits per heavy atom. The van der Waals surface area contributed by atoms with Gasteiger partial charge < -0.3 is 5.32 Å². The van der Waals surface area contributed by atoms with Crippen LogP contribution in [-0.2, 0) is 12.8 Å². The first-order valence-corrected chi connectivity index (χ1v) is 8.02. The lowest BCUT2D eigenvalue weighted by Crippen LogP contribution is -2.37. The molecular formula is C16H24BrN. The minimum Gasteiger partial charge on any atom is -0.313 e. The van der Waals surface area contributed by atoms with Crippen LogP contribution in [0.1, 0.15) is 44.2 Å². The van der Waals surface area contributed by atoms with Crippen molar-refractivity contribution in [1.82, 2.24) is 5.32 Å². The molecule has 2 heteroatoms. The molecule has 1 unspecified atom stereocenters. The van der Waals surface area contributed by atoms with Crippen molar-refractivity contribution in [2.24, 2.45) is 5.92 Å². The quantitative estimate of drug-likeness (QED) is 0.853. The molecule has 1 nitrogen and oxygen atoms in total. The Hall–Kier alpha value is -0.340. The second-order valence-corrected chi connectivity index (χ2v) is 6.36. The van der Waals surface area contributed by atoms with Crippen molar-refractivity contribution >= 4 is 15.9 Å². The van der Waals surface area contributed by atoms with Crippen LogP contribution in [0.3, 0.4) is 0 Å². The monoisotopic (exact) mass is 309 g/mol. The molecule has 0 aromatic heterocycles. The number of hydrogen-bond donors (Lipinski definition) is 1. The first kappa shape index (κ1) is 14.1. The van der Waals surface area contributed by atoms with E-state index >= 15 is 0 Å². The Balaban J connectivity index is 1.90. The Kier molecular flexibility index (Phi) is 5.25. The van der Waals surface area contributed by atoms with E-state index in [0.29, 0.717) is 6.04 Å². The predicted octanol–water partition coefficient (Wildman–Crippen LogP) is 4.33. The Morgan fingerprint density at radius 3 is 2.78 bits per heavy atom. The van der Waals surface area contributed by atoms with Crippen LogP contribution >= 0.6 is 15.9 Å². The molecule has 0 saturated heterocycles. The first-order chi connectivity index (χ1) is 8.72. The predicted molar refractivity (Wildman–Crippen MR) is 82.0 cm³/mol. The lowest BCUT2D eigenvalue weighted by molar-refractivity contribution is 0.385. The number of rotatable bonds is 5. The zero-order valence-electron chi connectivity index (χ0n) is 11.5. The summed E-state index contributed by atoms with van der Waals surface area (Å²) in [5, 5.41) is 3.77. The molecule has 0 aliphatic heterocycles. The number of halogens is 1. The maximum Gasteiger partial charge on any atom is 0.0178 e. The van der Waals surface area contributed by atoms with Crippen LogP contribution in [0, 0.1) is 5.92 Å². The fourth-order valence-corrected chi connectivity index (χ4v) is 3.22. The maximum absolute atomic E-state index is 3.77. The summed E-state index contributed by atoms with van der Waals surface area (Å²) in [6.07, 6.45) is 6.28. The van der Waals surface area contributed by atoms with Gasteiger partial charge in [-0.2, -0.15) is 0 Å². The molecule has 0 fully saturated rings. The van der Waals surface area contributed by atoms with E-state index in [2.05, 4.69) is 53.3 Å². The summed E-state index contributed by atoms with van der Waals surface area (Å²) >= 11 is 3.56. The number of aryl methyl sites for hydroxylation is 1. The van der Waals surface area contributed by atoms with Gasteiger partial charge in [0.2, 0.25) is 0 Å². The molecule has 1 aliphatic rings. The van der Waals surface area contributed by atoms with Gasteiger partial charge in [-0.05, 0) is 55.0 Å². The Morgan fingerprint density at radius 1 is 1.28 bits per heavy atom. The highest BCUT2D eigenvalue weighted by Crippen LogP contribution is 2.25. The highest BCUT2D eigenvalue weighted by Gasteiger charge is 2.18. The van der Waals surface area contributed by atoms with E-state index in [9.17, 15) is 0 Å². The van der Waals surface area contributed by atoms with Gasteiger partial charge in [-0.15, -0.1) is 0 Å². The molecule has 1 aliphatic carbocycles. The van der Waals surface area contributed by atoms with Crippen LogP contribution in [0.4, 0.5) is 0 Å². The van der Waals surface area contributed by atoms with Gasteiger partial charge in [0.15, 0.2) is 0 Å². The van der Waals surface area contributed by atoms with Gasteiger partial charge in [-0.25, -0.2) is 0 Å². The number of nitrogens with one attached hydrogen (secondary N) is 1. The van der Waals surface area contributed by atoms with E-state index in [0.717, 1.165) is 5.92 Å².